The van der Waals surface area contributed by atoms with Gasteiger partial charge in [0.25, 0.3) is 0 Å². The first-order chi connectivity index (χ1) is 10.4. The highest BCUT2D eigenvalue weighted by atomic mass is 19.4. The van der Waals surface area contributed by atoms with E-state index in [1.165, 1.54) is 24.3 Å². The molecular formula is C14H8F3N3O2. The van der Waals surface area contributed by atoms with Gasteiger partial charge in [0.1, 0.15) is 29.8 Å². The molecular weight excluding hydrogens is 299 g/mol. The lowest BCUT2D eigenvalue weighted by Gasteiger charge is -2.10. The molecule has 0 fully saturated rings. The van der Waals surface area contributed by atoms with Crippen LogP contribution in [0.5, 0.6) is 11.5 Å². The second-order valence-corrected chi connectivity index (χ2v) is 4.21. The molecule has 0 radical (unpaired) electrons. The summed E-state index contributed by atoms with van der Waals surface area (Å²) in [6.07, 6.45) is -3.62. The number of hydrogen-bond acceptors (Lipinski definition) is 5. The normalized spacial score (nSPS) is 10.8. The monoisotopic (exact) mass is 307 g/mol. The smallest absolute Gasteiger partial charge is 0.433 e. The lowest BCUT2D eigenvalue weighted by Crippen LogP contribution is -2.07. The molecule has 0 saturated heterocycles. The van der Waals surface area contributed by atoms with Crippen molar-refractivity contribution in [1.29, 1.82) is 5.26 Å². The summed E-state index contributed by atoms with van der Waals surface area (Å²) < 4.78 is 43.0. The van der Waals surface area contributed by atoms with Crippen molar-refractivity contribution < 1.29 is 17.9 Å². The molecule has 5 nitrogen and oxygen atoms in total. The molecule has 0 spiro atoms. The van der Waals surface area contributed by atoms with Crippen LogP contribution in [0, 0.1) is 16.2 Å². The standard InChI is InChI=1S/C14H8F3N3O2/c15-14(16,17)13-6-11(3-4-19-13)22-12-2-1-9(8-20-21)5-10(12)7-18/h1-6H,8H2. The number of nitriles is 1. The van der Waals surface area contributed by atoms with Crippen molar-refractivity contribution in [2.45, 2.75) is 12.7 Å². The summed E-state index contributed by atoms with van der Waals surface area (Å²) in [6.45, 7) is -0.109. The SMILES string of the molecule is N#Cc1cc(CN=O)ccc1Oc1ccnc(C(F)(F)F)c1. The van der Waals surface area contributed by atoms with E-state index >= 15 is 0 Å². The Hall–Kier alpha value is -2.95. The maximum atomic E-state index is 12.6. The summed E-state index contributed by atoms with van der Waals surface area (Å²) in [5.74, 6) is -0.0171. The summed E-state index contributed by atoms with van der Waals surface area (Å²) in [7, 11) is 0. The molecule has 0 N–H and O–H groups in total. The van der Waals surface area contributed by atoms with Gasteiger partial charge in [0.2, 0.25) is 0 Å². The molecule has 1 aromatic heterocycles. The van der Waals surface area contributed by atoms with Crippen LogP contribution in [-0.4, -0.2) is 4.98 Å². The molecule has 0 aliphatic rings. The number of benzene rings is 1. The highest BCUT2D eigenvalue weighted by molar-refractivity contribution is 5.47. The molecule has 22 heavy (non-hydrogen) atoms. The minimum absolute atomic E-state index is 0.0801. The minimum Gasteiger partial charge on any atom is -0.456 e. The maximum Gasteiger partial charge on any atom is 0.433 e. The van der Waals surface area contributed by atoms with Crippen molar-refractivity contribution in [3.63, 3.8) is 0 Å². The van der Waals surface area contributed by atoms with Gasteiger partial charge in [0.05, 0.1) is 5.56 Å². The van der Waals surface area contributed by atoms with E-state index in [0.717, 1.165) is 12.3 Å². The van der Waals surface area contributed by atoms with Crippen LogP contribution in [0.2, 0.25) is 0 Å². The van der Waals surface area contributed by atoms with E-state index in [2.05, 4.69) is 10.2 Å². The fourth-order valence-electron chi connectivity index (χ4n) is 1.68. The van der Waals surface area contributed by atoms with Gasteiger partial charge in [-0.3, -0.25) is 4.98 Å². The molecule has 112 valence electrons. The highest BCUT2D eigenvalue weighted by Crippen LogP contribution is 2.32. The average Bonchev–Trinajstić information content (AvgIpc) is 2.48. The van der Waals surface area contributed by atoms with Crippen LogP contribution < -0.4 is 4.74 Å². The Kier molecular flexibility index (Phi) is 4.36. The van der Waals surface area contributed by atoms with E-state index in [9.17, 15) is 18.1 Å². The lowest BCUT2D eigenvalue weighted by atomic mass is 10.1. The molecule has 0 bridgehead atoms. The van der Waals surface area contributed by atoms with Gasteiger partial charge in [-0.25, -0.2) is 0 Å². The number of halogens is 3. The molecule has 0 unspecified atom stereocenters. The van der Waals surface area contributed by atoms with Gasteiger partial charge in [-0.2, -0.15) is 23.3 Å². The molecule has 0 amide bonds. The van der Waals surface area contributed by atoms with E-state index in [1.54, 1.807) is 0 Å². The minimum atomic E-state index is -4.59. The van der Waals surface area contributed by atoms with Crippen molar-refractivity contribution in [3.8, 4) is 17.6 Å². The number of ether oxygens (including phenoxy) is 1. The Labute approximate surface area is 123 Å². The molecule has 0 aliphatic carbocycles. The van der Waals surface area contributed by atoms with Crippen LogP contribution >= 0.6 is 0 Å². The molecule has 0 saturated carbocycles. The quantitative estimate of drug-likeness (QED) is 0.799. The van der Waals surface area contributed by atoms with Crippen LogP contribution in [0.4, 0.5) is 13.2 Å². The number of nitroso groups, excluding NO2 is 1. The fraction of sp³-hybridized carbons (Fsp3) is 0.143. The fourth-order valence-corrected chi connectivity index (χ4v) is 1.68. The Balaban J connectivity index is 2.31. The molecule has 2 aromatic rings. The molecule has 0 atom stereocenters. The first-order valence-corrected chi connectivity index (χ1v) is 5.97. The summed E-state index contributed by atoms with van der Waals surface area (Å²) in [6, 6.07) is 8.13. The first kappa shape index (κ1) is 15.4. The molecule has 0 aliphatic heterocycles. The molecule has 1 heterocycles. The zero-order valence-corrected chi connectivity index (χ0v) is 11.0. The number of nitrogens with zero attached hydrogens (tertiary/aromatic N) is 3. The third kappa shape index (κ3) is 3.58. The Morgan fingerprint density at radius 1 is 1.27 bits per heavy atom. The van der Waals surface area contributed by atoms with Crippen LogP contribution in [-0.2, 0) is 12.7 Å². The van der Waals surface area contributed by atoms with Gasteiger partial charge in [0.15, 0.2) is 0 Å². The van der Waals surface area contributed by atoms with Gasteiger partial charge < -0.3 is 4.74 Å². The van der Waals surface area contributed by atoms with Gasteiger partial charge in [0, 0.05) is 12.3 Å². The number of alkyl halides is 3. The summed E-state index contributed by atoms with van der Waals surface area (Å²) in [5.41, 5.74) is -0.499. The predicted molar refractivity (Wildman–Crippen MR) is 70.0 cm³/mol. The van der Waals surface area contributed by atoms with Crippen molar-refractivity contribution in [2.75, 3.05) is 0 Å². The van der Waals surface area contributed by atoms with Crippen LogP contribution in [0.1, 0.15) is 16.8 Å². The average molecular weight is 307 g/mol. The largest absolute Gasteiger partial charge is 0.456 e. The summed E-state index contributed by atoms with van der Waals surface area (Å²) in [4.78, 5) is 13.4. The highest BCUT2D eigenvalue weighted by Gasteiger charge is 2.32. The third-order valence-corrected chi connectivity index (χ3v) is 2.66. The number of aromatic nitrogens is 1. The van der Waals surface area contributed by atoms with E-state index in [0.29, 0.717) is 5.56 Å². The maximum absolute atomic E-state index is 12.6. The Morgan fingerprint density at radius 3 is 2.68 bits per heavy atom. The van der Waals surface area contributed by atoms with E-state index in [1.807, 2.05) is 6.07 Å². The zero-order valence-electron chi connectivity index (χ0n) is 11.0. The number of pyridine rings is 1. The van der Waals surface area contributed by atoms with Crippen molar-refractivity contribution in [2.24, 2.45) is 5.18 Å². The van der Waals surface area contributed by atoms with Crippen LogP contribution in [0.15, 0.2) is 41.7 Å². The summed E-state index contributed by atoms with van der Waals surface area (Å²) in [5, 5.41) is 11.7. The van der Waals surface area contributed by atoms with Crippen LogP contribution in [0.3, 0.4) is 0 Å². The molecule has 2 rings (SSSR count). The number of hydrogen-bond donors (Lipinski definition) is 0. The van der Waals surface area contributed by atoms with Gasteiger partial charge in [-0.1, -0.05) is 11.2 Å². The molecule has 8 heteroatoms. The van der Waals surface area contributed by atoms with Crippen molar-refractivity contribution in [3.05, 3.63) is 58.3 Å². The third-order valence-electron chi connectivity index (χ3n) is 2.66. The first-order valence-electron chi connectivity index (χ1n) is 5.97. The van der Waals surface area contributed by atoms with Gasteiger partial charge in [-0.05, 0) is 23.8 Å². The van der Waals surface area contributed by atoms with Crippen molar-refractivity contribution in [1.82, 2.24) is 4.98 Å². The van der Waals surface area contributed by atoms with E-state index in [-0.39, 0.29) is 23.6 Å². The number of rotatable bonds is 4. The predicted octanol–water partition coefficient (Wildman–Crippen LogP) is 4.03. The zero-order chi connectivity index (χ0) is 16.2. The van der Waals surface area contributed by atoms with Crippen molar-refractivity contribution >= 4 is 0 Å². The second-order valence-electron chi connectivity index (χ2n) is 4.21. The van der Waals surface area contributed by atoms with E-state index < -0.39 is 11.9 Å². The Bertz CT molecular complexity index is 739. The summed E-state index contributed by atoms with van der Waals surface area (Å²) >= 11 is 0. The Morgan fingerprint density at radius 2 is 2.05 bits per heavy atom. The topological polar surface area (TPSA) is 75.3 Å². The van der Waals surface area contributed by atoms with Crippen LogP contribution in [0.25, 0.3) is 0 Å². The second kappa shape index (κ2) is 6.22. The van der Waals surface area contributed by atoms with Gasteiger partial charge in [-0.15, -0.1) is 0 Å². The van der Waals surface area contributed by atoms with E-state index in [4.69, 9.17) is 10.00 Å². The molecule has 1 aromatic carbocycles. The lowest BCUT2D eigenvalue weighted by molar-refractivity contribution is -0.141. The van der Waals surface area contributed by atoms with Gasteiger partial charge >= 0.3 is 6.18 Å².